The standard InChI is InChI=1S/C24H28N2O3/c1-23(2,3)16-11-17(24(4,5)6)20(27)12-19(16)26-22(29)15-13-25-18-10-8-7-9-14(18)21(15)28/h7-13,27H,1-6H3,(H,25,28)(H,26,29)/i4D3,5D3,6D3,11D. The van der Waals surface area contributed by atoms with Gasteiger partial charge in [0.05, 0.1) is 1.37 Å². The van der Waals surface area contributed by atoms with Crippen molar-refractivity contribution >= 4 is 22.5 Å². The molecule has 5 nitrogen and oxygen atoms in total. The SMILES string of the molecule is [2H]c1c(C(C)(C)C)c(NC(=O)c2c[nH]c3ccccc3c2=O)cc(O)c1C(C([2H])([2H])[2H])(C([2H])([2H])[2H])C([2H])([2H])[2H]. The molecular formula is C24H28N2O3. The van der Waals surface area contributed by atoms with Gasteiger partial charge in [0.1, 0.15) is 11.3 Å². The summed E-state index contributed by atoms with van der Waals surface area (Å²) < 4.78 is 80.7. The number of H-pyrrole nitrogens is 1. The number of nitrogens with one attached hydrogen (secondary N) is 2. The Balaban J connectivity index is 2.35. The molecule has 3 aromatic rings. The molecule has 0 aliphatic rings. The van der Waals surface area contributed by atoms with E-state index in [0.717, 1.165) is 6.07 Å². The summed E-state index contributed by atoms with van der Waals surface area (Å²) in [6.45, 7) is -6.43. The highest BCUT2D eigenvalue weighted by Gasteiger charge is 2.26. The van der Waals surface area contributed by atoms with E-state index in [1.165, 1.54) is 12.3 Å². The molecule has 152 valence electrons. The van der Waals surface area contributed by atoms with Gasteiger partial charge in [-0.2, -0.15) is 0 Å². The number of aromatic nitrogens is 1. The van der Waals surface area contributed by atoms with E-state index in [1.807, 2.05) is 0 Å². The smallest absolute Gasteiger partial charge is 0.261 e. The molecule has 0 saturated heterocycles. The van der Waals surface area contributed by atoms with E-state index in [2.05, 4.69) is 10.3 Å². The number of rotatable bonds is 2. The number of fused-ring (bicyclic) bond motifs is 1. The molecule has 0 aliphatic heterocycles. The maximum atomic E-state index is 13.2. The first-order valence-electron chi connectivity index (χ1n) is 13.9. The summed E-state index contributed by atoms with van der Waals surface area (Å²) in [4.78, 5) is 29.0. The van der Waals surface area contributed by atoms with Crippen LogP contribution in [0.2, 0.25) is 0 Å². The summed E-state index contributed by atoms with van der Waals surface area (Å²) in [5.41, 5.74) is -6.60. The van der Waals surface area contributed by atoms with Crippen molar-refractivity contribution in [2.45, 2.75) is 52.2 Å². The Bertz CT molecular complexity index is 1460. The Hall–Kier alpha value is -3.08. The predicted molar refractivity (Wildman–Crippen MR) is 118 cm³/mol. The fourth-order valence-electron chi connectivity index (χ4n) is 3.04. The molecule has 0 aliphatic carbocycles. The lowest BCUT2D eigenvalue weighted by atomic mass is 9.79. The van der Waals surface area contributed by atoms with E-state index in [1.54, 1.807) is 39.0 Å². The van der Waals surface area contributed by atoms with Crippen LogP contribution in [-0.4, -0.2) is 16.0 Å². The van der Waals surface area contributed by atoms with Crippen molar-refractivity contribution in [1.82, 2.24) is 4.98 Å². The first kappa shape index (κ1) is 11.2. The number of aromatic amines is 1. The predicted octanol–water partition coefficient (Wildman–Crippen LogP) is 5.08. The summed E-state index contributed by atoms with van der Waals surface area (Å²) >= 11 is 0. The molecule has 2 aromatic carbocycles. The number of anilines is 1. The number of carbonyl (C=O) groups excluding carboxylic acids is 1. The zero-order valence-corrected chi connectivity index (χ0v) is 16.2. The molecule has 0 atom stereocenters. The van der Waals surface area contributed by atoms with E-state index in [9.17, 15) is 14.7 Å². The van der Waals surface area contributed by atoms with Gasteiger partial charge in [-0.3, -0.25) is 9.59 Å². The van der Waals surface area contributed by atoms with Gasteiger partial charge in [0.2, 0.25) is 5.43 Å². The number of phenolic OH excluding ortho intramolecular Hbond substituents is 1. The molecule has 3 rings (SSSR count). The first-order chi connectivity index (χ1) is 17.6. The Morgan fingerprint density at radius 3 is 2.48 bits per heavy atom. The monoisotopic (exact) mass is 402 g/mol. The average molecular weight is 403 g/mol. The van der Waals surface area contributed by atoms with E-state index < -0.39 is 60.1 Å². The van der Waals surface area contributed by atoms with Crippen LogP contribution in [0, 0.1) is 0 Å². The van der Waals surface area contributed by atoms with Crippen molar-refractivity contribution in [2.75, 3.05) is 5.32 Å². The van der Waals surface area contributed by atoms with Gasteiger partial charge in [-0.05, 0) is 40.1 Å². The van der Waals surface area contributed by atoms with Crippen LogP contribution in [0.4, 0.5) is 5.69 Å². The molecule has 0 spiro atoms. The number of hydrogen-bond donors (Lipinski definition) is 3. The Morgan fingerprint density at radius 2 is 1.83 bits per heavy atom. The quantitative estimate of drug-likeness (QED) is 0.559. The van der Waals surface area contributed by atoms with Gasteiger partial charge in [-0.25, -0.2) is 0 Å². The Labute approximate surface area is 184 Å². The van der Waals surface area contributed by atoms with E-state index in [4.69, 9.17) is 13.7 Å². The van der Waals surface area contributed by atoms with Crippen LogP contribution in [0.1, 0.15) is 76.5 Å². The highest BCUT2D eigenvalue weighted by atomic mass is 16.3. The number of phenols is 1. The van der Waals surface area contributed by atoms with Crippen LogP contribution in [-0.2, 0) is 10.8 Å². The number of para-hydroxylation sites is 1. The van der Waals surface area contributed by atoms with Crippen molar-refractivity contribution in [2.24, 2.45) is 0 Å². The summed E-state index contributed by atoms with van der Waals surface area (Å²) in [5, 5.41) is 13.7. The first-order valence-corrected chi connectivity index (χ1v) is 8.86. The minimum Gasteiger partial charge on any atom is -0.508 e. The van der Waals surface area contributed by atoms with Crippen LogP contribution < -0.4 is 10.7 Å². The number of carbonyl (C=O) groups is 1. The fraction of sp³-hybridized carbons (Fsp3) is 0.333. The van der Waals surface area contributed by atoms with Gasteiger partial charge in [-0.1, -0.05) is 53.5 Å². The second-order valence-corrected chi connectivity index (χ2v) is 7.85. The third-order valence-electron chi connectivity index (χ3n) is 4.46. The fourth-order valence-corrected chi connectivity index (χ4v) is 3.04. The summed E-state index contributed by atoms with van der Waals surface area (Å²) in [6.07, 6.45) is 1.19. The van der Waals surface area contributed by atoms with Gasteiger partial charge in [0, 0.05) is 41.2 Å². The largest absolute Gasteiger partial charge is 0.508 e. The highest BCUT2D eigenvalue weighted by Crippen LogP contribution is 2.39. The third-order valence-corrected chi connectivity index (χ3v) is 4.46. The molecule has 5 heteroatoms. The molecule has 1 amide bonds. The molecule has 0 fully saturated rings. The molecule has 1 aromatic heterocycles. The third kappa shape index (κ3) is 4.04. The van der Waals surface area contributed by atoms with Gasteiger partial charge in [0.15, 0.2) is 0 Å². The number of pyridine rings is 1. The molecular weight excluding hydrogens is 364 g/mol. The molecule has 0 radical (unpaired) electrons. The van der Waals surface area contributed by atoms with Crippen molar-refractivity contribution < 1.29 is 23.6 Å². The van der Waals surface area contributed by atoms with Crippen LogP contribution >= 0.6 is 0 Å². The van der Waals surface area contributed by atoms with Gasteiger partial charge in [-0.15, -0.1) is 0 Å². The summed E-state index contributed by atoms with van der Waals surface area (Å²) in [5.74, 6) is -2.04. The zero-order chi connectivity index (χ0) is 29.9. The van der Waals surface area contributed by atoms with Crippen molar-refractivity contribution in [3.8, 4) is 5.75 Å². The minimum absolute atomic E-state index is 0.136. The maximum Gasteiger partial charge on any atom is 0.261 e. The van der Waals surface area contributed by atoms with Crippen LogP contribution in [0.3, 0.4) is 0 Å². The number of hydrogen-bond acceptors (Lipinski definition) is 3. The van der Waals surface area contributed by atoms with E-state index in [-0.39, 0.29) is 22.2 Å². The summed E-state index contributed by atoms with van der Waals surface area (Å²) in [6, 6.07) is 6.43. The normalized spacial score (nSPS) is 18.6. The lowest BCUT2D eigenvalue weighted by molar-refractivity contribution is 0.102. The number of amides is 1. The second-order valence-electron chi connectivity index (χ2n) is 7.85. The average Bonchev–Trinajstić information content (AvgIpc) is 2.72. The second kappa shape index (κ2) is 7.07. The van der Waals surface area contributed by atoms with Crippen molar-refractivity contribution in [3.63, 3.8) is 0 Å². The molecule has 29 heavy (non-hydrogen) atoms. The summed E-state index contributed by atoms with van der Waals surface area (Å²) in [7, 11) is 0. The lowest BCUT2D eigenvalue weighted by Crippen LogP contribution is -2.25. The van der Waals surface area contributed by atoms with Crippen LogP contribution in [0.5, 0.6) is 5.75 Å². The van der Waals surface area contributed by atoms with Crippen molar-refractivity contribution in [3.05, 3.63) is 69.5 Å². The van der Waals surface area contributed by atoms with Crippen LogP contribution in [0.25, 0.3) is 10.9 Å². The minimum atomic E-state index is -3.71. The van der Waals surface area contributed by atoms with Crippen molar-refractivity contribution in [1.29, 1.82) is 0 Å². The van der Waals surface area contributed by atoms with Crippen LogP contribution in [0.15, 0.2) is 47.4 Å². The Kier molecular flexibility index (Phi) is 2.73. The number of benzene rings is 2. The van der Waals surface area contributed by atoms with Gasteiger partial charge < -0.3 is 15.4 Å². The number of aromatic hydroxyl groups is 1. The molecule has 0 bridgehead atoms. The molecule has 1 heterocycles. The molecule has 0 saturated carbocycles. The Morgan fingerprint density at radius 1 is 1.14 bits per heavy atom. The maximum absolute atomic E-state index is 13.2. The van der Waals surface area contributed by atoms with E-state index >= 15 is 0 Å². The molecule has 3 N–H and O–H groups in total. The molecule has 0 unspecified atom stereocenters. The zero-order valence-electron chi connectivity index (χ0n) is 26.2. The topological polar surface area (TPSA) is 82.2 Å². The van der Waals surface area contributed by atoms with Gasteiger partial charge >= 0.3 is 0 Å². The van der Waals surface area contributed by atoms with Gasteiger partial charge in [0.25, 0.3) is 5.91 Å². The lowest BCUT2D eigenvalue weighted by Gasteiger charge is -2.28. The highest BCUT2D eigenvalue weighted by molar-refractivity contribution is 6.06. The van der Waals surface area contributed by atoms with E-state index in [0.29, 0.717) is 5.52 Å².